The molecule has 0 saturated carbocycles. The Hall–Kier alpha value is -2.29. The van der Waals surface area contributed by atoms with E-state index >= 15 is 0 Å². The van der Waals surface area contributed by atoms with Gasteiger partial charge in [-0.2, -0.15) is 0 Å². The summed E-state index contributed by atoms with van der Waals surface area (Å²) in [6.45, 7) is 2.11. The predicted octanol–water partition coefficient (Wildman–Crippen LogP) is 3.63. The Bertz CT molecular complexity index is 647. The number of amides is 1. The molecule has 0 aliphatic carbocycles. The number of benzene rings is 2. The first-order valence-corrected chi connectivity index (χ1v) is 7.06. The molecule has 0 saturated heterocycles. The highest BCUT2D eigenvalue weighted by Crippen LogP contribution is 2.33. The smallest absolute Gasteiger partial charge is 0.253 e. The molecule has 0 radical (unpaired) electrons. The van der Waals surface area contributed by atoms with Gasteiger partial charge in [0.15, 0.2) is 0 Å². The molecule has 2 aromatic carbocycles. The molecule has 0 aliphatic rings. The van der Waals surface area contributed by atoms with Crippen LogP contribution in [0.3, 0.4) is 0 Å². The van der Waals surface area contributed by atoms with E-state index in [1.54, 1.807) is 26.1 Å². The monoisotopic (exact) mass is 283 g/mol. The van der Waals surface area contributed by atoms with Gasteiger partial charge in [-0.1, -0.05) is 37.3 Å². The van der Waals surface area contributed by atoms with E-state index in [1.165, 1.54) is 5.56 Å². The van der Waals surface area contributed by atoms with Gasteiger partial charge < -0.3 is 9.64 Å². The molecule has 3 nitrogen and oxygen atoms in total. The molecule has 110 valence electrons. The fraction of sp³-hybridized carbons (Fsp3) is 0.278. The lowest BCUT2D eigenvalue weighted by atomic mass is 9.95. The van der Waals surface area contributed by atoms with E-state index in [0.717, 1.165) is 23.3 Å². The number of rotatable bonds is 4. The van der Waals surface area contributed by atoms with Crippen molar-refractivity contribution in [3.63, 3.8) is 0 Å². The molecule has 0 spiro atoms. The largest absolute Gasteiger partial charge is 0.496 e. The van der Waals surface area contributed by atoms with Gasteiger partial charge in [-0.25, -0.2) is 0 Å². The molecule has 21 heavy (non-hydrogen) atoms. The molecule has 2 rings (SSSR count). The summed E-state index contributed by atoms with van der Waals surface area (Å²) in [5.41, 5.74) is 3.76. The van der Waals surface area contributed by atoms with E-state index in [2.05, 4.69) is 13.0 Å². The molecule has 2 aromatic rings. The van der Waals surface area contributed by atoms with E-state index in [9.17, 15) is 4.79 Å². The fourth-order valence-electron chi connectivity index (χ4n) is 2.33. The Balaban J connectivity index is 2.67. The second-order valence-electron chi connectivity index (χ2n) is 5.13. The van der Waals surface area contributed by atoms with Crippen molar-refractivity contribution >= 4 is 5.91 Å². The van der Waals surface area contributed by atoms with Gasteiger partial charge in [0.25, 0.3) is 5.91 Å². The van der Waals surface area contributed by atoms with E-state index < -0.39 is 0 Å². The van der Waals surface area contributed by atoms with E-state index in [-0.39, 0.29) is 5.91 Å². The first-order valence-electron chi connectivity index (χ1n) is 7.06. The number of ether oxygens (including phenoxy) is 1. The number of nitrogens with zero attached hydrogens (tertiary/aromatic N) is 1. The Morgan fingerprint density at radius 1 is 1.10 bits per heavy atom. The molecular weight excluding hydrogens is 262 g/mol. The predicted molar refractivity (Wildman–Crippen MR) is 85.8 cm³/mol. The Morgan fingerprint density at radius 3 is 2.43 bits per heavy atom. The van der Waals surface area contributed by atoms with Crippen LogP contribution in [0, 0.1) is 0 Å². The first-order chi connectivity index (χ1) is 10.1. The maximum absolute atomic E-state index is 12.4. The molecule has 0 aliphatic heterocycles. The van der Waals surface area contributed by atoms with Gasteiger partial charge in [0.05, 0.1) is 7.11 Å². The van der Waals surface area contributed by atoms with Crippen molar-refractivity contribution in [2.45, 2.75) is 13.3 Å². The molecule has 0 bridgehead atoms. The number of para-hydroxylation sites is 1. The second kappa shape index (κ2) is 6.44. The summed E-state index contributed by atoms with van der Waals surface area (Å²) >= 11 is 0. The maximum atomic E-state index is 12.4. The zero-order valence-corrected chi connectivity index (χ0v) is 13.0. The van der Waals surface area contributed by atoms with Gasteiger partial charge in [-0.3, -0.25) is 4.79 Å². The molecule has 0 atom stereocenters. The average Bonchev–Trinajstić information content (AvgIpc) is 2.53. The topological polar surface area (TPSA) is 29.5 Å². The lowest BCUT2D eigenvalue weighted by Gasteiger charge is -2.17. The summed E-state index contributed by atoms with van der Waals surface area (Å²) in [6, 6.07) is 13.8. The summed E-state index contributed by atoms with van der Waals surface area (Å²) < 4.78 is 5.44. The van der Waals surface area contributed by atoms with Crippen LogP contribution in [0.2, 0.25) is 0 Å². The zero-order chi connectivity index (χ0) is 15.4. The fourth-order valence-corrected chi connectivity index (χ4v) is 2.33. The van der Waals surface area contributed by atoms with Gasteiger partial charge in [0.2, 0.25) is 0 Å². The highest BCUT2D eigenvalue weighted by Gasteiger charge is 2.17. The van der Waals surface area contributed by atoms with E-state index in [4.69, 9.17) is 4.74 Å². The van der Waals surface area contributed by atoms with Gasteiger partial charge >= 0.3 is 0 Å². The van der Waals surface area contributed by atoms with E-state index in [0.29, 0.717) is 5.56 Å². The maximum Gasteiger partial charge on any atom is 0.253 e. The van der Waals surface area contributed by atoms with Crippen molar-refractivity contribution in [1.29, 1.82) is 0 Å². The van der Waals surface area contributed by atoms with Crippen LogP contribution >= 0.6 is 0 Å². The van der Waals surface area contributed by atoms with Gasteiger partial charge in [-0.05, 0) is 29.7 Å². The Labute approximate surface area is 126 Å². The number of hydrogen-bond acceptors (Lipinski definition) is 2. The molecular formula is C18H21NO2. The molecule has 0 aromatic heterocycles. The van der Waals surface area contributed by atoms with Crippen molar-refractivity contribution < 1.29 is 9.53 Å². The van der Waals surface area contributed by atoms with Crippen molar-refractivity contribution in [2.24, 2.45) is 0 Å². The standard InChI is InChI=1S/C18H21NO2/c1-5-13-10-11-15(18(20)19(2)3)16(12-13)14-8-6-7-9-17(14)21-4/h6-12H,5H2,1-4H3. The van der Waals surface area contributed by atoms with Crippen LogP contribution in [0.25, 0.3) is 11.1 Å². The van der Waals surface area contributed by atoms with Gasteiger partial charge in [0, 0.05) is 25.2 Å². The minimum atomic E-state index is -0.00133. The van der Waals surface area contributed by atoms with Crippen LogP contribution in [0.1, 0.15) is 22.8 Å². The third-order valence-corrected chi connectivity index (χ3v) is 3.53. The summed E-state index contributed by atoms with van der Waals surface area (Å²) in [5, 5.41) is 0. The van der Waals surface area contributed by atoms with Crippen molar-refractivity contribution in [1.82, 2.24) is 4.90 Å². The lowest BCUT2D eigenvalue weighted by molar-refractivity contribution is 0.0828. The van der Waals surface area contributed by atoms with Crippen LogP contribution in [0.15, 0.2) is 42.5 Å². The van der Waals surface area contributed by atoms with Crippen LogP contribution < -0.4 is 4.74 Å². The molecule has 0 unspecified atom stereocenters. The molecule has 0 heterocycles. The highest BCUT2D eigenvalue weighted by molar-refractivity contribution is 6.01. The average molecular weight is 283 g/mol. The summed E-state index contributed by atoms with van der Waals surface area (Å²) in [7, 11) is 5.18. The molecule has 3 heteroatoms. The molecule has 0 fully saturated rings. The summed E-state index contributed by atoms with van der Waals surface area (Å²) in [6.07, 6.45) is 0.929. The lowest BCUT2D eigenvalue weighted by Crippen LogP contribution is -2.22. The number of carbonyl (C=O) groups excluding carboxylic acids is 1. The van der Waals surface area contributed by atoms with Crippen LogP contribution in [-0.4, -0.2) is 32.0 Å². The minimum absolute atomic E-state index is 0.00133. The summed E-state index contributed by atoms with van der Waals surface area (Å²) in [5.74, 6) is 0.775. The highest BCUT2D eigenvalue weighted by atomic mass is 16.5. The molecule has 0 N–H and O–H groups in total. The van der Waals surface area contributed by atoms with Crippen molar-refractivity contribution in [3.8, 4) is 16.9 Å². The number of carbonyl (C=O) groups is 1. The second-order valence-corrected chi connectivity index (χ2v) is 5.13. The minimum Gasteiger partial charge on any atom is -0.496 e. The number of methoxy groups -OCH3 is 1. The third kappa shape index (κ3) is 3.07. The first kappa shape index (κ1) is 15.1. The van der Waals surface area contributed by atoms with Crippen molar-refractivity contribution in [2.75, 3.05) is 21.2 Å². The van der Waals surface area contributed by atoms with Crippen molar-refractivity contribution in [3.05, 3.63) is 53.6 Å². The quantitative estimate of drug-likeness (QED) is 0.857. The van der Waals surface area contributed by atoms with Gasteiger partial charge in [0.1, 0.15) is 5.75 Å². The van der Waals surface area contributed by atoms with E-state index in [1.807, 2.05) is 36.4 Å². The normalized spacial score (nSPS) is 10.3. The Morgan fingerprint density at radius 2 is 1.81 bits per heavy atom. The third-order valence-electron chi connectivity index (χ3n) is 3.53. The number of aryl methyl sites for hydroxylation is 1. The van der Waals surface area contributed by atoms with Crippen LogP contribution in [0.4, 0.5) is 0 Å². The van der Waals surface area contributed by atoms with Crippen LogP contribution in [-0.2, 0) is 6.42 Å². The SMILES string of the molecule is CCc1ccc(C(=O)N(C)C)c(-c2ccccc2OC)c1. The number of hydrogen-bond donors (Lipinski definition) is 0. The van der Waals surface area contributed by atoms with Gasteiger partial charge in [-0.15, -0.1) is 0 Å². The Kier molecular flexibility index (Phi) is 4.63. The molecule has 1 amide bonds. The zero-order valence-electron chi connectivity index (χ0n) is 13.0. The summed E-state index contributed by atoms with van der Waals surface area (Å²) in [4.78, 5) is 14.0. The van der Waals surface area contributed by atoms with Crippen LogP contribution in [0.5, 0.6) is 5.75 Å².